The third kappa shape index (κ3) is 3.54. The van der Waals surface area contributed by atoms with Gasteiger partial charge in [-0.15, -0.1) is 0 Å². The van der Waals surface area contributed by atoms with E-state index in [1.807, 2.05) is 0 Å². The van der Waals surface area contributed by atoms with Crippen molar-refractivity contribution in [1.29, 1.82) is 0 Å². The molecule has 0 bridgehead atoms. The van der Waals surface area contributed by atoms with Gasteiger partial charge in [-0.05, 0) is 44.5 Å². The number of Topliss-reactive ketones (excluding diaryl/α,β-unsaturated/α-hetero) is 2. The number of aromatic hydroxyl groups is 1. The number of likely N-dealkylation sites (N-methyl/N-ethyl adjacent to an activating group) is 1. The quantitative estimate of drug-likeness (QED) is 0.247. The Kier molecular flexibility index (Phi) is 6.34. The lowest BCUT2D eigenvalue weighted by Crippen LogP contribution is -2.71. The summed E-state index contributed by atoms with van der Waals surface area (Å²) in [6.45, 7) is 0. The van der Waals surface area contributed by atoms with Crippen molar-refractivity contribution in [3.8, 4) is 5.75 Å². The van der Waals surface area contributed by atoms with E-state index in [-0.39, 0.29) is 29.5 Å². The van der Waals surface area contributed by atoms with Crippen molar-refractivity contribution in [2.75, 3.05) is 40.2 Å². The number of anilines is 1. The molecular formula is C25H31N3O9. The number of ketones is 2. The van der Waals surface area contributed by atoms with Crippen LogP contribution in [0.25, 0.3) is 0 Å². The van der Waals surface area contributed by atoms with Crippen LogP contribution < -0.4 is 10.6 Å². The van der Waals surface area contributed by atoms with Gasteiger partial charge in [0.05, 0.1) is 18.8 Å². The summed E-state index contributed by atoms with van der Waals surface area (Å²) in [5.74, 6) is -9.28. The van der Waals surface area contributed by atoms with Crippen LogP contribution in [0.4, 0.5) is 5.69 Å². The van der Waals surface area contributed by atoms with Gasteiger partial charge in [0.1, 0.15) is 23.0 Å². The fourth-order valence-electron chi connectivity index (χ4n) is 6.32. The predicted octanol–water partition coefficient (Wildman–Crippen LogP) is -0.862. The molecule has 0 aliphatic heterocycles. The third-order valence-electron chi connectivity index (χ3n) is 7.96. The molecule has 1 aromatic carbocycles. The first-order chi connectivity index (χ1) is 17.2. The van der Waals surface area contributed by atoms with Crippen molar-refractivity contribution in [2.45, 2.75) is 30.6 Å². The molecule has 1 amide bonds. The maximum absolute atomic E-state index is 13.8. The number of esters is 1. The number of aliphatic hydroxyl groups excluding tert-OH is 2. The number of aliphatic hydroxyl groups is 3. The average Bonchev–Trinajstić information content (AvgIpc) is 2.80. The molecule has 0 heterocycles. The zero-order valence-electron chi connectivity index (χ0n) is 21.2. The average molecular weight is 518 g/mol. The van der Waals surface area contributed by atoms with Gasteiger partial charge in [0, 0.05) is 37.3 Å². The number of rotatable bonds is 4. The van der Waals surface area contributed by atoms with Gasteiger partial charge < -0.3 is 40.7 Å². The summed E-state index contributed by atoms with van der Waals surface area (Å²) in [6.07, 6.45) is -1.42. The molecule has 37 heavy (non-hydrogen) atoms. The van der Waals surface area contributed by atoms with E-state index < -0.39 is 70.5 Å². The zero-order chi connectivity index (χ0) is 27.7. The number of hydrogen-bond acceptors (Lipinski definition) is 11. The Labute approximate surface area is 212 Å². The van der Waals surface area contributed by atoms with Gasteiger partial charge in [-0.1, -0.05) is 0 Å². The SMILES string of the molecule is COC(=O)c1cc(N(C)C)c2c(c1O)C(=O)C1=C(O)[C@]3(O)C(=O)C(C(N)=O)C(O)C(N(C)C)[C@@H]3C[C@@H]1C2. The summed E-state index contributed by atoms with van der Waals surface area (Å²) >= 11 is 0. The Morgan fingerprint density at radius 1 is 1.16 bits per heavy atom. The van der Waals surface area contributed by atoms with Gasteiger partial charge in [0.15, 0.2) is 17.2 Å². The molecule has 0 radical (unpaired) electrons. The summed E-state index contributed by atoms with van der Waals surface area (Å²) in [7, 11) is 7.71. The highest BCUT2D eigenvalue weighted by molar-refractivity contribution is 6.17. The smallest absolute Gasteiger partial charge is 0.341 e. The number of phenolic OH excluding ortho intramolecular Hbond substituents is 1. The molecule has 3 unspecified atom stereocenters. The fourth-order valence-corrected chi connectivity index (χ4v) is 6.32. The predicted molar refractivity (Wildman–Crippen MR) is 129 cm³/mol. The molecule has 12 nitrogen and oxygen atoms in total. The van der Waals surface area contributed by atoms with Crippen LogP contribution in [0.15, 0.2) is 17.4 Å². The first kappa shape index (κ1) is 26.6. The first-order valence-corrected chi connectivity index (χ1v) is 11.7. The van der Waals surface area contributed by atoms with Crippen LogP contribution in [0.3, 0.4) is 0 Å². The normalized spacial score (nSPS) is 31.0. The Morgan fingerprint density at radius 2 is 1.78 bits per heavy atom. The van der Waals surface area contributed by atoms with E-state index in [0.29, 0.717) is 11.3 Å². The summed E-state index contributed by atoms with van der Waals surface area (Å²) < 4.78 is 4.74. The molecule has 12 heteroatoms. The fraction of sp³-hybridized carbons (Fsp3) is 0.520. The van der Waals surface area contributed by atoms with Gasteiger partial charge in [-0.2, -0.15) is 0 Å². The number of ether oxygens (including phenoxy) is 1. The number of hydrogen-bond donors (Lipinski definition) is 5. The van der Waals surface area contributed by atoms with E-state index in [1.165, 1.54) is 6.07 Å². The summed E-state index contributed by atoms with van der Waals surface area (Å²) in [5.41, 5.74) is 2.81. The van der Waals surface area contributed by atoms with E-state index in [0.717, 1.165) is 7.11 Å². The van der Waals surface area contributed by atoms with Crippen molar-refractivity contribution >= 4 is 29.1 Å². The number of carbonyl (C=O) groups is 4. The Hall–Kier alpha value is -3.48. The number of primary amides is 1. The Bertz CT molecular complexity index is 1250. The van der Waals surface area contributed by atoms with E-state index >= 15 is 0 Å². The van der Waals surface area contributed by atoms with Gasteiger partial charge in [-0.25, -0.2) is 4.79 Å². The number of nitrogens with zero attached hydrogens (tertiary/aromatic N) is 2. The number of fused-ring (bicyclic) bond motifs is 3. The van der Waals surface area contributed by atoms with Gasteiger partial charge in [0.2, 0.25) is 5.91 Å². The van der Waals surface area contributed by atoms with Gasteiger partial charge in [-0.3, -0.25) is 14.4 Å². The van der Waals surface area contributed by atoms with E-state index in [1.54, 1.807) is 38.0 Å². The van der Waals surface area contributed by atoms with Crippen LogP contribution in [-0.2, 0) is 20.7 Å². The van der Waals surface area contributed by atoms with Crippen molar-refractivity contribution in [3.63, 3.8) is 0 Å². The molecule has 6 N–H and O–H groups in total. The molecule has 1 fully saturated rings. The van der Waals surface area contributed by atoms with Crippen LogP contribution in [0.5, 0.6) is 5.75 Å². The largest absolute Gasteiger partial charge is 0.508 e. The number of methoxy groups -OCH3 is 1. The molecule has 1 saturated carbocycles. The van der Waals surface area contributed by atoms with E-state index in [4.69, 9.17) is 10.5 Å². The second-order valence-electron chi connectivity index (χ2n) is 10.3. The second-order valence-corrected chi connectivity index (χ2v) is 10.3. The molecule has 4 rings (SSSR count). The number of allylic oxidation sites excluding steroid dienone is 1. The minimum Gasteiger partial charge on any atom is -0.508 e. The summed E-state index contributed by atoms with van der Waals surface area (Å²) in [6, 6.07) is 0.457. The highest BCUT2D eigenvalue weighted by Gasteiger charge is 2.66. The summed E-state index contributed by atoms with van der Waals surface area (Å²) in [4.78, 5) is 54.9. The monoisotopic (exact) mass is 517 g/mol. The maximum Gasteiger partial charge on any atom is 0.341 e. The minimum atomic E-state index is -2.67. The lowest BCUT2D eigenvalue weighted by Gasteiger charge is -2.53. The molecule has 3 aliphatic rings. The summed E-state index contributed by atoms with van der Waals surface area (Å²) in [5, 5.41) is 44.9. The van der Waals surface area contributed by atoms with Crippen LogP contribution in [0.2, 0.25) is 0 Å². The molecule has 3 aliphatic carbocycles. The number of carbonyl (C=O) groups excluding carboxylic acids is 4. The van der Waals surface area contributed by atoms with Crippen LogP contribution in [0, 0.1) is 17.8 Å². The highest BCUT2D eigenvalue weighted by atomic mass is 16.5. The Morgan fingerprint density at radius 3 is 2.30 bits per heavy atom. The number of phenols is 1. The number of nitrogens with two attached hydrogens (primary N) is 1. The van der Waals surface area contributed by atoms with E-state index in [2.05, 4.69) is 0 Å². The molecule has 1 aromatic rings. The van der Waals surface area contributed by atoms with E-state index in [9.17, 15) is 39.6 Å². The van der Waals surface area contributed by atoms with Crippen LogP contribution in [0.1, 0.15) is 32.7 Å². The lowest BCUT2D eigenvalue weighted by molar-refractivity contribution is -0.178. The van der Waals surface area contributed by atoms with Gasteiger partial charge in [0.25, 0.3) is 0 Å². The standard InChI is InChI=1S/C25H31N3O9/c1-27(2)13-8-11(24(35)37-5)18(29)15-10(13)6-9-7-12-17(28(3)4)20(31)16(23(26)34)22(33)25(12,36)21(32)14(9)19(15)30/h8-9,12,16-17,20,29,31-32,36H,6-7H2,1-5H3,(H2,26,34)/t9-,12-,16?,17?,20?,25-/m0/s1. The van der Waals surface area contributed by atoms with Gasteiger partial charge >= 0.3 is 5.97 Å². The Balaban J connectivity index is 1.98. The highest BCUT2D eigenvalue weighted by Crippen LogP contribution is 2.53. The van der Waals surface area contributed by atoms with Crippen LogP contribution >= 0.6 is 0 Å². The maximum atomic E-state index is 13.8. The molecule has 0 aromatic heterocycles. The molecule has 6 atom stereocenters. The minimum absolute atomic E-state index is 0.00455. The van der Waals surface area contributed by atoms with Crippen LogP contribution in [-0.4, -0.2) is 102 Å². The third-order valence-corrected chi connectivity index (χ3v) is 7.96. The molecule has 0 saturated heterocycles. The van der Waals surface area contributed by atoms with Crippen molar-refractivity contribution in [3.05, 3.63) is 34.1 Å². The number of benzene rings is 1. The van der Waals surface area contributed by atoms with Crippen molar-refractivity contribution in [1.82, 2.24) is 4.90 Å². The zero-order valence-corrected chi connectivity index (χ0v) is 21.2. The topological polar surface area (TPSA) is 191 Å². The first-order valence-electron chi connectivity index (χ1n) is 11.7. The number of amides is 1. The second kappa shape index (κ2) is 8.82. The molecule has 200 valence electrons. The van der Waals surface area contributed by atoms with Crippen molar-refractivity contribution < 1.29 is 44.3 Å². The molecular weight excluding hydrogens is 486 g/mol. The molecule has 0 spiro atoms. The lowest BCUT2D eigenvalue weighted by atomic mass is 9.56. The van der Waals surface area contributed by atoms with Crippen molar-refractivity contribution in [2.24, 2.45) is 23.5 Å².